The quantitative estimate of drug-likeness (QED) is 0.682. The molecule has 0 aliphatic carbocycles. The summed E-state index contributed by atoms with van der Waals surface area (Å²) >= 11 is 1.28. The van der Waals surface area contributed by atoms with Gasteiger partial charge in [-0.15, -0.1) is 0 Å². The molecule has 2 aromatic heterocycles. The van der Waals surface area contributed by atoms with Gasteiger partial charge in [0.25, 0.3) is 4.96 Å². The van der Waals surface area contributed by atoms with Crippen molar-refractivity contribution in [2.24, 2.45) is 5.92 Å². The average molecular weight is 296 g/mol. The lowest BCUT2D eigenvalue weighted by Gasteiger charge is -2.22. The number of anilines is 1. The minimum atomic E-state index is -0.972. The van der Waals surface area contributed by atoms with Gasteiger partial charge in [0.05, 0.1) is 0 Å². The molecule has 3 heterocycles. The molecule has 2 aromatic rings. The van der Waals surface area contributed by atoms with Crippen molar-refractivity contribution in [3.63, 3.8) is 0 Å². The molecular formula is C11H12N4O4S. The second-order valence-electron chi connectivity index (χ2n) is 4.81. The number of rotatable bonds is 3. The van der Waals surface area contributed by atoms with E-state index in [0.29, 0.717) is 17.9 Å². The summed E-state index contributed by atoms with van der Waals surface area (Å²) < 4.78 is 1.39. The smallest absolute Gasteiger partial charge is 0.373 e. The molecule has 0 amide bonds. The Kier molecular flexibility index (Phi) is 2.85. The van der Waals surface area contributed by atoms with E-state index in [0.717, 1.165) is 0 Å². The van der Waals surface area contributed by atoms with E-state index in [1.54, 1.807) is 11.6 Å². The predicted octanol–water partition coefficient (Wildman–Crippen LogP) is 1.60. The lowest BCUT2D eigenvalue weighted by Crippen LogP contribution is -2.39. The Morgan fingerprint density at radius 2 is 2.40 bits per heavy atom. The van der Waals surface area contributed by atoms with Crippen molar-refractivity contribution < 1.29 is 14.8 Å². The van der Waals surface area contributed by atoms with Crippen LogP contribution in [0.3, 0.4) is 0 Å². The van der Waals surface area contributed by atoms with Crippen LogP contribution in [0.4, 0.5) is 11.6 Å². The van der Waals surface area contributed by atoms with E-state index in [1.165, 1.54) is 20.6 Å². The molecule has 3 rings (SSSR count). The third kappa shape index (κ3) is 1.73. The molecule has 1 aliphatic heterocycles. The number of imidazole rings is 1. The van der Waals surface area contributed by atoms with Crippen LogP contribution in [-0.2, 0) is 4.79 Å². The van der Waals surface area contributed by atoms with Crippen molar-refractivity contribution in [3.8, 4) is 0 Å². The number of carboxylic acid groups (broad SMARTS) is 1. The standard InChI is InChI=1S/C11H12N4O4S/c1-6-2-3-13(7(6)10(16)17)8-9(15(18)19)14-4-5-20-11(14)12-8/h4-7H,2-3H2,1H3,(H,16,17). The molecule has 20 heavy (non-hydrogen) atoms. The van der Waals surface area contributed by atoms with Crippen LogP contribution in [0.5, 0.6) is 0 Å². The summed E-state index contributed by atoms with van der Waals surface area (Å²) in [5, 5.41) is 22.3. The van der Waals surface area contributed by atoms with Crippen LogP contribution < -0.4 is 4.90 Å². The Balaban J connectivity index is 2.14. The summed E-state index contributed by atoms with van der Waals surface area (Å²) in [4.78, 5) is 28.4. The molecule has 9 heteroatoms. The number of hydrogen-bond donors (Lipinski definition) is 1. The molecule has 0 radical (unpaired) electrons. The molecular weight excluding hydrogens is 284 g/mol. The molecule has 0 saturated carbocycles. The first kappa shape index (κ1) is 12.9. The third-order valence-electron chi connectivity index (χ3n) is 3.62. The van der Waals surface area contributed by atoms with Gasteiger partial charge in [-0.05, 0) is 17.3 Å². The van der Waals surface area contributed by atoms with Crippen LogP contribution >= 0.6 is 11.3 Å². The Labute approximate surface area is 117 Å². The highest BCUT2D eigenvalue weighted by Gasteiger charge is 2.41. The van der Waals surface area contributed by atoms with Crippen LogP contribution in [0.1, 0.15) is 13.3 Å². The van der Waals surface area contributed by atoms with Crippen LogP contribution in [0.15, 0.2) is 11.6 Å². The number of carboxylic acids is 1. The largest absolute Gasteiger partial charge is 0.480 e. The molecule has 2 unspecified atom stereocenters. The van der Waals surface area contributed by atoms with E-state index in [-0.39, 0.29) is 17.6 Å². The van der Waals surface area contributed by atoms with Gasteiger partial charge in [0.2, 0.25) is 5.82 Å². The number of aliphatic carboxylic acids is 1. The van der Waals surface area contributed by atoms with Crippen LogP contribution in [0.25, 0.3) is 4.96 Å². The van der Waals surface area contributed by atoms with E-state index in [2.05, 4.69) is 4.98 Å². The van der Waals surface area contributed by atoms with Gasteiger partial charge in [-0.2, -0.15) is 9.38 Å². The monoisotopic (exact) mass is 296 g/mol. The summed E-state index contributed by atoms with van der Waals surface area (Å²) in [5.74, 6) is -1.05. The molecule has 0 spiro atoms. The second kappa shape index (κ2) is 4.44. The van der Waals surface area contributed by atoms with E-state index in [9.17, 15) is 20.0 Å². The Hall–Kier alpha value is -2.16. The minimum absolute atomic E-state index is 0.0631. The summed E-state index contributed by atoms with van der Waals surface area (Å²) in [6, 6.07) is -0.765. The zero-order valence-corrected chi connectivity index (χ0v) is 11.4. The van der Waals surface area contributed by atoms with Gasteiger partial charge in [0.15, 0.2) is 0 Å². The Bertz CT molecular complexity index is 694. The van der Waals surface area contributed by atoms with E-state index in [1.807, 2.05) is 6.92 Å². The highest BCUT2D eigenvalue weighted by Crippen LogP contribution is 2.36. The van der Waals surface area contributed by atoms with Gasteiger partial charge >= 0.3 is 11.8 Å². The van der Waals surface area contributed by atoms with Crippen molar-refractivity contribution in [3.05, 3.63) is 21.7 Å². The molecule has 1 aliphatic rings. The molecule has 1 saturated heterocycles. The number of carbonyl (C=O) groups is 1. The Morgan fingerprint density at radius 1 is 1.65 bits per heavy atom. The first-order chi connectivity index (χ1) is 9.50. The molecule has 1 N–H and O–H groups in total. The maximum absolute atomic E-state index is 11.4. The Morgan fingerprint density at radius 3 is 3.05 bits per heavy atom. The SMILES string of the molecule is CC1CCN(c2nc3sccn3c2[N+](=O)[O-])C1C(=O)O. The highest BCUT2D eigenvalue weighted by atomic mass is 32.1. The van der Waals surface area contributed by atoms with Crippen molar-refractivity contribution in [2.45, 2.75) is 19.4 Å². The molecule has 2 atom stereocenters. The fourth-order valence-corrected chi connectivity index (χ4v) is 3.39. The van der Waals surface area contributed by atoms with Crippen LogP contribution in [0, 0.1) is 16.0 Å². The van der Waals surface area contributed by atoms with Gasteiger partial charge in [0, 0.05) is 11.9 Å². The van der Waals surface area contributed by atoms with Gasteiger partial charge in [-0.1, -0.05) is 18.3 Å². The number of thiazole rings is 1. The summed E-state index contributed by atoms with van der Waals surface area (Å²) in [6.45, 7) is 2.30. The fraction of sp³-hybridized carbons (Fsp3) is 0.455. The summed E-state index contributed by atoms with van der Waals surface area (Å²) in [7, 11) is 0. The first-order valence-electron chi connectivity index (χ1n) is 6.10. The van der Waals surface area contributed by atoms with Crippen molar-refractivity contribution in [1.82, 2.24) is 9.38 Å². The minimum Gasteiger partial charge on any atom is -0.480 e. The summed E-state index contributed by atoms with van der Waals surface area (Å²) in [5.41, 5.74) is 0. The first-order valence-corrected chi connectivity index (χ1v) is 6.98. The predicted molar refractivity (Wildman–Crippen MR) is 72.3 cm³/mol. The molecule has 1 fully saturated rings. The van der Waals surface area contributed by atoms with Gasteiger partial charge in [-0.3, -0.25) is 0 Å². The van der Waals surface area contributed by atoms with Crippen molar-refractivity contribution in [1.29, 1.82) is 0 Å². The maximum atomic E-state index is 11.4. The number of fused-ring (bicyclic) bond motifs is 1. The zero-order valence-electron chi connectivity index (χ0n) is 10.6. The van der Waals surface area contributed by atoms with Crippen LogP contribution in [0.2, 0.25) is 0 Å². The van der Waals surface area contributed by atoms with E-state index in [4.69, 9.17) is 0 Å². The van der Waals surface area contributed by atoms with Gasteiger partial charge in [0.1, 0.15) is 12.2 Å². The fourth-order valence-electron chi connectivity index (χ4n) is 2.69. The maximum Gasteiger partial charge on any atom is 0.373 e. The van der Waals surface area contributed by atoms with Gasteiger partial charge < -0.3 is 20.1 Å². The lowest BCUT2D eigenvalue weighted by atomic mass is 10.0. The lowest BCUT2D eigenvalue weighted by molar-refractivity contribution is -0.389. The summed E-state index contributed by atoms with van der Waals surface area (Å²) in [6.07, 6.45) is 2.25. The van der Waals surface area contributed by atoms with Crippen molar-refractivity contribution >= 4 is 33.9 Å². The van der Waals surface area contributed by atoms with Crippen LogP contribution in [-0.4, -0.2) is 38.0 Å². The zero-order chi connectivity index (χ0) is 14.4. The van der Waals surface area contributed by atoms with Gasteiger partial charge in [-0.25, -0.2) is 4.79 Å². The number of nitrogens with zero attached hydrogens (tertiary/aromatic N) is 4. The molecule has 106 valence electrons. The van der Waals surface area contributed by atoms with Crippen molar-refractivity contribution in [2.75, 3.05) is 11.4 Å². The van der Waals surface area contributed by atoms with E-state index >= 15 is 0 Å². The molecule has 8 nitrogen and oxygen atoms in total. The normalized spacial score (nSPS) is 22.6. The van der Waals surface area contributed by atoms with E-state index < -0.39 is 16.9 Å². The number of nitro groups is 1. The average Bonchev–Trinajstić information content (AvgIpc) is 2.99. The number of hydrogen-bond acceptors (Lipinski definition) is 6. The molecule has 0 aromatic carbocycles. The molecule has 0 bridgehead atoms. The third-order valence-corrected chi connectivity index (χ3v) is 4.37. The highest BCUT2D eigenvalue weighted by molar-refractivity contribution is 7.15. The topological polar surface area (TPSA) is 101 Å². The second-order valence-corrected chi connectivity index (χ2v) is 5.69. The number of aromatic nitrogens is 2.